The van der Waals surface area contributed by atoms with Crippen LogP contribution in [-0.2, 0) is 5.67 Å². The van der Waals surface area contributed by atoms with Gasteiger partial charge in [0.25, 0.3) is 11.8 Å². The molecule has 3 rings (SSSR count). The summed E-state index contributed by atoms with van der Waals surface area (Å²) in [4.78, 5) is 25.3. The Labute approximate surface area is 229 Å². The Balaban J connectivity index is 0.00000287. The van der Waals surface area contributed by atoms with Crippen LogP contribution in [0.2, 0.25) is 0 Å². The first-order valence-electron chi connectivity index (χ1n) is 11.9. The summed E-state index contributed by atoms with van der Waals surface area (Å²) in [7, 11) is 0. The van der Waals surface area contributed by atoms with Crippen molar-refractivity contribution in [2.75, 3.05) is 10.6 Å². The van der Waals surface area contributed by atoms with Gasteiger partial charge in [0, 0.05) is 16.8 Å². The van der Waals surface area contributed by atoms with Crippen LogP contribution in [-0.4, -0.2) is 24.2 Å². The third-order valence-electron chi connectivity index (χ3n) is 5.72. The van der Waals surface area contributed by atoms with Gasteiger partial charge in [0.05, 0.1) is 16.8 Å². The zero-order valence-electron chi connectivity index (χ0n) is 22.0. The van der Waals surface area contributed by atoms with Gasteiger partial charge in [-0.05, 0) is 55.3 Å². The third kappa shape index (κ3) is 6.65. The van der Waals surface area contributed by atoms with E-state index in [9.17, 15) is 50.0 Å². The summed E-state index contributed by atoms with van der Waals surface area (Å²) in [6.07, 6.45) is -12.6. The fourth-order valence-corrected chi connectivity index (χ4v) is 3.75. The SMILES string of the molecule is CC.Cc1cc(C(F)(C(F)(F)F)C(F)(F)F)cc(C)c1NC(=O)c1ccc(C#N)c(NC(=O)c2ccccc2F)c1. The molecular weight excluding hydrogens is 562 g/mol. The minimum absolute atomic E-state index is 0.0912. The summed E-state index contributed by atoms with van der Waals surface area (Å²) in [5.41, 5.74) is -8.90. The van der Waals surface area contributed by atoms with Crippen molar-refractivity contribution >= 4 is 23.2 Å². The van der Waals surface area contributed by atoms with Crippen LogP contribution in [0.4, 0.5) is 46.5 Å². The molecule has 0 saturated carbocycles. The molecule has 0 bridgehead atoms. The molecule has 0 aliphatic carbocycles. The van der Waals surface area contributed by atoms with Gasteiger partial charge < -0.3 is 10.6 Å². The molecule has 0 aromatic heterocycles. The van der Waals surface area contributed by atoms with Gasteiger partial charge in [0.1, 0.15) is 11.9 Å². The van der Waals surface area contributed by atoms with Gasteiger partial charge in [-0.25, -0.2) is 8.78 Å². The number of nitrogens with one attached hydrogen (secondary N) is 2. The largest absolute Gasteiger partial charge is 0.435 e. The molecule has 0 saturated heterocycles. The second-order valence-electron chi connectivity index (χ2n) is 8.40. The number of anilines is 2. The summed E-state index contributed by atoms with van der Waals surface area (Å²) in [5.74, 6) is -2.68. The molecule has 41 heavy (non-hydrogen) atoms. The first-order valence-corrected chi connectivity index (χ1v) is 11.9. The second kappa shape index (κ2) is 12.4. The third-order valence-corrected chi connectivity index (χ3v) is 5.72. The molecule has 0 unspecified atom stereocenters. The van der Waals surface area contributed by atoms with E-state index in [-0.39, 0.29) is 39.2 Å². The average molecular weight is 585 g/mol. The van der Waals surface area contributed by atoms with Crippen molar-refractivity contribution in [3.05, 3.63) is 93.8 Å². The molecule has 0 heterocycles. The van der Waals surface area contributed by atoms with Crippen molar-refractivity contribution in [2.24, 2.45) is 0 Å². The van der Waals surface area contributed by atoms with Crippen molar-refractivity contribution in [2.45, 2.75) is 45.7 Å². The van der Waals surface area contributed by atoms with E-state index in [0.717, 1.165) is 26.0 Å². The lowest BCUT2D eigenvalue weighted by Crippen LogP contribution is -2.50. The molecule has 0 aliphatic heterocycles. The number of aryl methyl sites for hydroxylation is 2. The van der Waals surface area contributed by atoms with E-state index in [1.54, 1.807) is 6.07 Å². The molecule has 0 fully saturated rings. The Hall–Kier alpha value is -4.47. The highest BCUT2D eigenvalue weighted by molar-refractivity contribution is 6.08. The summed E-state index contributed by atoms with van der Waals surface area (Å²) in [6, 6.07) is 10.9. The van der Waals surface area contributed by atoms with E-state index < -0.39 is 41.2 Å². The van der Waals surface area contributed by atoms with E-state index in [1.165, 1.54) is 30.3 Å². The Bertz CT molecular complexity index is 1450. The Morgan fingerprint density at radius 3 is 1.80 bits per heavy atom. The van der Waals surface area contributed by atoms with Gasteiger partial charge >= 0.3 is 18.0 Å². The molecule has 0 atom stereocenters. The van der Waals surface area contributed by atoms with Gasteiger partial charge in [0.2, 0.25) is 0 Å². The lowest BCUT2D eigenvalue weighted by molar-refractivity contribution is -0.348. The highest BCUT2D eigenvalue weighted by atomic mass is 19.4. The van der Waals surface area contributed by atoms with Crippen molar-refractivity contribution in [3.8, 4) is 6.07 Å². The van der Waals surface area contributed by atoms with E-state index in [0.29, 0.717) is 12.1 Å². The molecule has 3 aromatic rings. The number of hydrogen-bond donors (Lipinski definition) is 2. The Morgan fingerprint density at radius 1 is 0.780 bits per heavy atom. The Kier molecular flexibility index (Phi) is 9.87. The van der Waals surface area contributed by atoms with Gasteiger partial charge in [-0.1, -0.05) is 38.1 Å². The number of benzene rings is 3. The second-order valence-corrected chi connectivity index (χ2v) is 8.40. The van der Waals surface area contributed by atoms with Crippen LogP contribution in [0.1, 0.15) is 56.8 Å². The number of nitrogens with zero attached hydrogens (tertiary/aromatic N) is 1. The van der Waals surface area contributed by atoms with Crippen molar-refractivity contribution < 1.29 is 44.7 Å². The van der Waals surface area contributed by atoms with E-state index >= 15 is 0 Å². The molecule has 0 radical (unpaired) electrons. The fraction of sp³-hybridized carbons (Fsp3) is 0.250. The number of hydrogen-bond acceptors (Lipinski definition) is 3. The van der Waals surface area contributed by atoms with Crippen LogP contribution in [0.5, 0.6) is 0 Å². The lowest BCUT2D eigenvalue weighted by Gasteiger charge is -2.31. The number of carbonyl (C=O) groups excluding carboxylic acids is 2. The van der Waals surface area contributed by atoms with Crippen LogP contribution >= 0.6 is 0 Å². The maximum Gasteiger partial charge on any atom is 0.435 e. The first kappa shape index (κ1) is 32.7. The predicted molar refractivity (Wildman–Crippen MR) is 136 cm³/mol. The van der Waals surface area contributed by atoms with Crippen LogP contribution in [0, 0.1) is 31.0 Å². The predicted octanol–water partition coefficient (Wildman–Crippen LogP) is 8.13. The molecule has 0 spiro atoms. The molecule has 0 aliphatic rings. The van der Waals surface area contributed by atoms with Gasteiger partial charge in [-0.2, -0.15) is 31.6 Å². The molecule has 13 heteroatoms. The minimum Gasteiger partial charge on any atom is -0.322 e. The number of nitriles is 1. The molecule has 218 valence electrons. The van der Waals surface area contributed by atoms with Gasteiger partial charge in [-0.3, -0.25) is 9.59 Å². The fourth-order valence-electron chi connectivity index (χ4n) is 3.75. The highest BCUT2D eigenvalue weighted by Crippen LogP contribution is 2.53. The average Bonchev–Trinajstić information content (AvgIpc) is 2.90. The lowest BCUT2D eigenvalue weighted by atomic mass is 9.90. The van der Waals surface area contributed by atoms with Crippen LogP contribution in [0.15, 0.2) is 54.6 Å². The van der Waals surface area contributed by atoms with E-state index in [4.69, 9.17) is 0 Å². The summed E-state index contributed by atoms with van der Waals surface area (Å²) in [5, 5.41) is 14.0. The van der Waals surface area contributed by atoms with Crippen LogP contribution < -0.4 is 10.6 Å². The van der Waals surface area contributed by atoms with Gasteiger partial charge in [-0.15, -0.1) is 0 Å². The first-order chi connectivity index (χ1) is 19.0. The summed E-state index contributed by atoms with van der Waals surface area (Å²) >= 11 is 0. The number of amides is 2. The van der Waals surface area contributed by atoms with Crippen LogP contribution in [0.3, 0.4) is 0 Å². The number of carbonyl (C=O) groups is 2. The number of rotatable bonds is 5. The molecule has 2 amide bonds. The van der Waals surface area contributed by atoms with E-state index in [2.05, 4.69) is 10.6 Å². The minimum atomic E-state index is -6.30. The van der Waals surface area contributed by atoms with Crippen molar-refractivity contribution in [1.82, 2.24) is 0 Å². The topological polar surface area (TPSA) is 82.0 Å². The monoisotopic (exact) mass is 585 g/mol. The summed E-state index contributed by atoms with van der Waals surface area (Å²) < 4.78 is 107. The molecule has 3 aromatic carbocycles. The number of alkyl halides is 7. The van der Waals surface area contributed by atoms with Crippen molar-refractivity contribution in [3.63, 3.8) is 0 Å². The zero-order chi connectivity index (χ0) is 31.3. The Morgan fingerprint density at radius 2 is 1.32 bits per heavy atom. The highest BCUT2D eigenvalue weighted by Gasteiger charge is 2.73. The van der Waals surface area contributed by atoms with Gasteiger partial charge in [0.15, 0.2) is 0 Å². The maximum absolute atomic E-state index is 14.5. The van der Waals surface area contributed by atoms with E-state index in [1.807, 2.05) is 13.8 Å². The quantitative estimate of drug-likeness (QED) is 0.297. The number of halogens is 8. The van der Waals surface area contributed by atoms with Crippen molar-refractivity contribution in [1.29, 1.82) is 5.26 Å². The molecular formula is C28H23F8N3O2. The summed E-state index contributed by atoms with van der Waals surface area (Å²) in [6.45, 7) is 6.16. The maximum atomic E-state index is 14.5. The van der Waals surface area contributed by atoms with Crippen LogP contribution in [0.25, 0.3) is 0 Å². The smallest absolute Gasteiger partial charge is 0.322 e. The molecule has 5 nitrogen and oxygen atoms in total. The normalized spacial score (nSPS) is 11.6. The molecule has 2 N–H and O–H groups in total. The zero-order valence-corrected chi connectivity index (χ0v) is 22.0. The standard InChI is InChI=1S/C26H17F8N3O2.C2H6/c1-13-9-17(24(28,25(29,30)31)26(32,33)34)10-14(2)21(13)37-22(38)15-7-8-16(12-35)20(11-15)36-23(39)18-5-3-4-6-19(18)27;1-2/h3-11H,1-2H3,(H,36,39)(H,37,38);1-2H3.